The molecule has 0 saturated heterocycles. The van der Waals surface area contributed by atoms with E-state index in [9.17, 15) is 9.59 Å². The Morgan fingerprint density at radius 3 is 2.62 bits per heavy atom. The molecule has 0 radical (unpaired) electrons. The largest absolute Gasteiger partial charge is 0.329 e. The van der Waals surface area contributed by atoms with Crippen molar-refractivity contribution >= 4 is 11.6 Å². The molecule has 0 aromatic carbocycles. The lowest BCUT2D eigenvalue weighted by Crippen LogP contribution is -2.39. The van der Waals surface area contributed by atoms with Gasteiger partial charge in [0.25, 0.3) is 5.56 Å². The summed E-state index contributed by atoms with van der Waals surface area (Å²) in [5, 5.41) is 0.102. The molecule has 2 rings (SSSR count). The van der Waals surface area contributed by atoms with Gasteiger partial charge < -0.3 is 0 Å². The quantitative estimate of drug-likeness (QED) is 0.686. The number of aromatic amines is 1. The highest BCUT2D eigenvalue weighted by molar-refractivity contribution is 6.29. The number of rotatable bonds is 1. The topological polar surface area (TPSA) is 54.9 Å². The second-order valence-corrected chi connectivity index (χ2v) is 3.62. The fourth-order valence-corrected chi connectivity index (χ4v) is 1.64. The first-order valence-corrected chi connectivity index (χ1v) is 4.57. The average Bonchev–Trinajstić information content (AvgIpc) is 1.92. The maximum atomic E-state index is 11.4. The Labute approximate surface area is 79.2 Å². The molecule has 0 unspecified atom stereocenters. The third kappa shape index (κ3) is 1.42. The van der Waals surface area contributed by atoms with Gasteiger partial charge >= 0.3 is 5.69 Å². The predicted octanol–water partition coefficient (Wildman–Crippen LogP) is 0.915. The number of nitrogens with zero attached hydrogens (tertiary/aromatic N) is 1. The zero-order valence-electron chi connectivity index (χ0n) is 6.92. The molecule has 0 spiro atoms. The molecule has 4 nitrogen and oxygen atoms in total. The van der Waals surface area contributed by atoms with E-state index in [4.69, 9.17) is 11.6 Å². The molecule has 1 heterocycles. The van der Waals surface area contributed by atoms with Gasteiger partial charge in [-0.1, -0.05) is 11.6 Å². The van der Waals surface area contributed by atoms with Crippen LogP contribution in [0, 0.1) is 0 Å². The number of nitrogens with one attached hydrogen (secondary N) is 1. The lowest BCUT2D eigenvalue weighted by atomic mass is 9.93. The predicted molar refractivity (Wildman–Crippen MR) is 49.2 cm³/mol. The minimum atomic E-state index is -0.401. The Hall–Kier alpha value is -1.03. The van der Waals surface area contributed by atoms with Crippen LogP contribution in [0.15, 0.2) is 15.7 Å². The highest BCUT2D eigenvalue weighted by atomic mass is 35.5. The number of hydrogen-bond acceptors (Lipinski definition) is 2. The third-order valence-electron chi connectivity index (χ3n) is 2.37. The molecule has 1 aromatic heterocycles. The number of H-pyrrole nitrogens is 1. The van der Waals surface area contributed by atoms with Crippen molar-refractivity contribution < 1.29 is 0 Å². The van der Waals surface area contributed by atoms with Crippen molar-refractivity contribution in [2.75, 3.05) is 0 Å². The van der Waals surface area contributed by atoms with Gasteiger partial charge in [0.2, 0.25) is 0 Å². The molecular weight excluding hydrogens is 192 g/mol. The minimum absolute atomic E-state index is 0.0773. The van der Waals surface area contributed by atoms with Crippen molar-refractivity contribution in [2.24, 2.45) is 0 Å². The van der Waals surface area contributed by atoms with E-state index in [2.05, 4.69) is 4.98 Å². The van der Waals surface area contributed by atoms with E-state index in [1.165, 1.54) is 10.6 Å². The van der Waals surface area contributed by atoms with Crippen molar-refractivity contribution in [3.05, 3.63) is 32.1 Å². The monoisotopic (exact) mass is 200 g/mol. The molecule has 1 saturated carbocycles. The number of halogens is 1. The van der Waals surface area contributed by atoms with Crippen LogP contribution in [0.1, 0.15) is 25.3 Å². The van der Waals surface area contributed by atoms with Gasteiger partial charge in [-0.3, -0.25) is 14.3 Å². The van der Waals surface area contributed by atoms with E-state index in [1.54, 1.807) is 0 Å². The molecule has 0 amide bonds. The van der Waals surface area contributed by atoms with Gasteiger partial charge in [0.05, 0.1) is 0 Å². The van der Waals surface area contributed by atoms with Crippen LogP contribution in [0.25, 0.3) is 0 Å². The molecule has 0 bridgehead atoms. The summed E-state index contributed by atoms with van der Waals surface area (Å²) in [6.45, 7) is 0. The molecule has 5 heteroatoms. The zero-order valence-corrected chi connectivity index (χ0v) is 7.67. The standard InChI is InChI=1S/C8H9ClN2O2/c9-6-4-7(12)11(8(13)10-6)5-2-1-3-5/h4-5H,1-3H2,(H,10,13). The van der Waals surface area contributed by atoms with Gasteiger partial charge in [-0.2, -0.15) is 0 Å². The lowest BCUT2D eigenvalue weighted by molar-refractivity contribution is 0.296. The SMILES string of the molecule is O=c1cc(Cl)[nH]c(=O)n1C1CCC1. The molecule has 1 aliphatic carbocycles. The van der Waals surface area contributed by atoms with Gasteiger partial charge in [-0.05, 0) is 19.3 Å². The summed E-state index contributed by atoms with van der Waals surface area (Å²) in [6.07, 6.45) is 2.90. The first-order valence-electron chi connectivity index (χ1n) is 4.20. The lowest BCUT2D eigenvalue weighted by Gasteiger charge is -2.26. The summed E-state index contributed by atoms with van der Waals surface area (Å²) in [4.78, 5) is 25.1. The van der Waals surface area contributed by atoms with Crippen LogP contribution >= 0.6 is 11.6 Å². The second-order valence-electron chi connectivity index (χ2n) is 3.22. The van der Waals surface area contributed by atoms with Crippen LogP contribution < -0.4 is 11.2 Å². The second kappa shape index (κ2) is 3.03. The highest BCUT2D eigenvalue weighted by Gasteiger charge is 2.22. The van der Waals surface area contributed by atoms with Crippen LogP contribution in [0.5, 0.6) is 0 Å². The summed E-state index contributed by atoms with van der Waals surface area (Å²) in [7, 11) is 0. The fraction of sp³-hybridized carbons (Fsp3) is 0.500. The molecular formula is C8H9ClN2O2. The molecule has 0 aliphatic heterocycles. The van der Waals surface area contributed by atoms with Crippen LogP contribution in [-0.4, -0.2) is 9.55 Å². The van der Waals surface area contributed by atoms with Crippen LogP contribution in [0.2, 0.25) is 5.15 Å². The number of hydrogen-bond donors (Lipinski definition) is 1. The fourth-order valence-electron chi connectivity index (χ4n) is 1.47. The normalized spacial score (nSPS) is 17.0. The first kappa shape index (κ1) is 8.56. The third-order valence-corrected chi connectivity index (χ3v) is 2.58. The Morgan fingerprint density at radius 1 is 1.46 bits per heavy atom. The van der Waals surface area contributed by atoms with Crippen molar-refractivity contribution in [1.29, 1.82) is 0 Å². The molecule has 1 aliphatic rings. The van der Waals surface area contributed by atoms with Crippen LogP contribution in [0.3, 0.4) is 0 Å². The Balaban J connectivity index is 2.56. The Kier molecular flexibility index (Phi) is 2.00. The highest BCUT2D eigenvalue weighted by Crippen LogP contribution is 2.28. The first-order chi connectivity index (χ1) is 6.18. The maximum Gasteiger partial charge on any atom is 0.329 e. The van der Waals surface area contributed by atoms with Crippen molar-refractivity contribution in [3.63, 3.8) is 0 Å². The Morgan fingerprint density at radius 2 is 2.15 bits per heavy atom. The van der Waals surface area contributed by atoms with Gasteiger partial charge in [-0.25, -0.2) is 4.79 Å². The summed E-state index contributed by atoms with van der Waals surface area (Å²) >= 11 is 5.52. The van der Waals surface area contributed by atoms with E-state index >= 15 is 0 Å². The molecule has 1 fully saturated rings. The van der Waals surface area contributed by atoms with E-state index in [0.717, 1.165) is 19.3 Å². The van der Waals surface area contributed by atoms with Crippen LogP contribution in [-0.2, 0) is 0 Å². The molecule has 1 N–H and O–H groups in total. The molecule has 1 aromatic rings. The Bertz CT molecular complexity index is 399. The van der Waals surface area contributed by atoms with E-state index in [1.807, 2.05) is 0 Å². The van der Waals surface area contributed by atoms with E-state index in [-0.39, 0.29) is 16.8 Å². The van der Waals surface area contributed by atoms with E-state index < -0.39 is 5.69 Å². The van der Waals surface area contributed by atoms with Crippen molar-refractivity contribution in [2.45, 2.75) is 25.3 Å². The van der Waals surface area contributed by atoms with Gasteiger partial charge in [0.15, 0.2) is 0 Å². The van der Waals surface area contributed by atoms with Gasteiger partial charge in [0, 0.05) is 12.1 Å². The summed E-state index contributed by atoms with van der Waals surface area (Å²) < 4.78 is 1.25. The molecule has 0 atom stereocenters. The maximum absolute atomic E-state index is 11.4. The zero-order chi connectivity index (χ0) is 9.42. The summed E-state index contributed by atoms with van der Waals surface area (Å²) in [5.41, 5.74) is -0.708. The minimum Gasteiger partial charge on any atom is -0.298 e. The average molecular weight is 201 g/mol. The van der Waals surface area contributed by atoms with Crippen molar-refractivity contribution in [1.82, 2.24) is 9.55 Å². The number of aromatic nitrogens is 2. The summed E-state index contributed by atoms with van der Waals surface area (Å²) in [5.74, 6) is 0. The smallest absolute Gasteiger partial charge is 0.298 e. The van der Waals surface area contributed by atoms with E-state index in [0.29, 0.717) is 0 Å². The molecule has 70 valence electrons. The van der Waals surface area contributed by atoms with Crippen molar-refractivity contribution in [3.8, 4) is 0 Å². The van der Waals surface area contributed by atoms with Gasteiger partial charge in [-0.15, -0.1) is 0 Å². The summed E-state index contributed by atoms with van der Waals surface area (Å²) in [6, 6.07) is 1.31. The molecule has 13 heavy (non-hydrogen) atoms. The van der Waals surface area contributed by atoms with Gasteiger partial charge in [0.1, 0.15) is 5.15 Å². The van der Waals surface area contributed by atoms with Crippen LogP contribution in [0.4, 0.5) is 0 Å².